The molecule has 0 saturated carbocycles. The fraction of sp³-hybridized carbons (Fsp3) is 0.538. The lowest BCUT2D eigenvalue weighted by molar-refractivity contribution is 0.232. The van der Waals surface area contributed by atoms with Crippen LogP contribution in [-0.4, -0.2) is 28.1 Å². The second-order valence-corrected chi connectivity index (χ2v) is 8.37. The molecule has 0 aliphatic carbocycles. The normalized spacial score (nSPS) is 18.9. The second-order valence-electron chi connectivity index (χ2n) is 5.44. The first-order chi connectivity index (χ1) is 9.34. The zero-order valence-corrected chi connectivity index (χ0v) is 14.4. The molecule has 20 heavy (non-hydrogen) atoms. The molecule has 1 heterocycles. The van der Waals surface area contributed by atoms with Gasteiger partial charge in [0.1, 0.15) is 0 Å². The molecule has 0 atom stereocenters. The van der Waals surface area contributed by atoms with Gasteiger partial charge in [0, 0.05) is 6.54 Å². The molecule has 1 aliphatic rings. The van der Waals surface area contributed by atoms with Crippen molar-refractivity contribution in [1.82, 2.24) is 10.0 Å². The Morgan fingerprint density at radius 3 is 2.70 bits per heavy atom. The smallest absolute Gasteiger partial charge is 0.241 e. The third-order valence-corrected chi connectivity index (χ3v) is 6.81. The molecular weight excluding hydrogens is 364 g/mol. The molecular formula is C13H18BrClN2O2S. The molecule has 1 saturated heterocycles. The molecule has 0 amide bonds. The fourth-order valence-electron chi connectivity index (χ4n) is 2.25. The number of halogens is 2. The highest BCUT2D eigenvalue weighted by molar-refractivity contribution is 9.10. The Morgan fingerprint density at radius 2 is 2.05 bits per heavy atom. The van der Waals surface area contributed by atoms with E-state index < -0.39 is 10.0 Å². The molecule has 0 bridgehead atoms. The van der Waals surface area contributed by atoms with Crippen LogP contribution in [-0.2, 0) is 10.0 Å². The van der Waals surface area contributed by atoms with E-state index in [1.54, 1.807) is 18.2 Å². The van der Waals surface area contributed by atoms with E-state index in [4.69, 9.17) is 11.6 Å². The molecule has 4 nitrogen and oxygen atoms in total. The van der Waals surface area contributed by atoms with Crippen LogP contribution in [0.15, 0.2) is 27.6 Å². The Hall–Kier alpha value is -0.140. The number of nitrogens with one attached hydrogen (secondary N) is 2. The molecule has 1 fully saturated rings. The van der Waals surface area contributed by atoms with Crippen LogP contribution in [0.1, 0.15) is 19.8 Å². The lowest BCUT2D eigenvalue weighted by atomic mass is 9.81. The zero-order chi connectivity index (χ0) is 14.8. The highest BCUT2D eigenvalue weighted by Gasteiger charge is 2.29. The summed E-state index contributed by atoms with van der Waals surface area (Å²) >= 11 is 9.18. The summed E-state index contributed by atoms with van der Waals surface area (Å²) in [5.74, 6) is 0. The Labute approximate surface area is 133 Å². The molecule has 112 valence electrons. The first-order valence-electron chi connectivity index (χ1n) is 6.48. The van der Waals surface area contributed by atoms with E-state index in [0.29, 0.717) is 16.0 Å². The molecule has 7 heteroatoms. The van der Waals surface area contributed by atoms with Crippen LogP contribution in [0.2, 0.25) is 5.02 Å². The van der Waals surface area contributed by atoms with E-state index in [2.05, 4.69) is 32.9 Å². The van der Waals surface area contributed by atoms with E-state index in [1.807, 2.05) is 0 Å². The van der Waals surface area contributed by atoms with Crippen molar-refractivity contribution in [3.8, 4) is 0 Å². The van der Waals surface area contributed by atoms with Crippen LogP contribution in [0.25, 0.3) is 0 Å². The molecule has 0 spiro atoms. The van der Waals surface area contributed by atoms with Gasteiger partial charge in [0.2, 0.25) is 10.0 Å². The van der Waals surface area contributed by atoms with Crippen molar-refractivity contribution in [2.75, 3.05) is 19.6 Å². The summed E-state index contributed by atoms with van der Waals surface area (Å²) in [7, 11) is -3.55. The summed E-state index contributed by atoms with van der Waals surface area (Å²) in [5.41, 5.74) is 0.00334. The third kappa shape index (κ3) is 3.74. The average Bonchev–Trinajstić information content (AvgIpc) is 2.41. The van der Waals surface area contributed by atoms with E-state index in [9.17, 15) is 8.42 Å². The first kappa shape index (κ1) is 16.2. The lowest BCUT2D eigenvalue weighted by Gasteiger charge is -2.34. The monoisotopic (exact) mass is 380 g/mol. The van der Waals surface area contributed by atoms with Crippen molar-refractivity contribution in [3.63, 3.8) is 0 Å². The largest absolute Gasteiger partial charge is 0.317 e. The highest BCUT2D eigenvalue weighted by Crippen LogP contribution is 2.31. The number of benzene rings is 1. The predicted octanol–water partition coefficient (Wildman–Crippen LogP) is 2.77. The molecule has 1 aromatic rings. The summed E-state index contributed by atoms with van der Waals surface area (Å²) in [6, 6.07) is 4.83. The minimum absolute atomic E-state index is 0.00334. The Balaban J connectivity index is 2.13. The van der Waals surface area contributed by atoms with Crippen LogP contribution < -0.4 is 10.0 Å². The Morgan fingerprint density at radius 1 is 1.40 bits per heavy atom. The van der Waals surface area contributed by atoms with Gasteiger partial charge < -0.3 is 5.32 Å². The maximum Gasteiger partial charge on any atom is 0.241 e. The zero-order valence-electron chi connectivity index (χ0n) is 11.2. The summed E-state index contributed by atoms with van der Waals surface area (Å²) in [6.07, 6.45) is 1.93. The number of piperidine rings is 1. The topological polar surface area (TPSA) is 58.2 Å². The quantitative estimate of drug-likeness (QED) is 0.843. The Kier molecular flexibility index (Phi) is 5.13. The van der Waals surface area contributed by atoms with Crippen LogP contribution in [0.5, 0.6) is 0 Å². The number of hydrogen-bond acceptors (Lipinski definition) is 3. The lowest BCUT2D eigenvalue weighted by Crippen LogP contribution is -2.42. The van der Waals surface area contributed by atoms with Gasteiger partial charge in [-0.15, -0.1) is 0 Å². The standard InChI is InChI=1S/C13H18BrClN2O2S/c1-13(5-7-16-8-6-13)9-17-20(18,19)11-4-2-3-10(15)12(11)14/h2-4,16-17H,5-9H2,1H3. The maximum atomic E-state index is 12.4. The predicted molar refractivity (Wildman–Crippen MR) is 84.6 cm³/mol. The van der Waals surface area contributed by atoms with E-state index in [1.165, 1.54) is 0 Å². The number of rotatable bonds is 4. The van der Waals surface area contributed by atoms with Crippen molar-refractivity contribution in [3.05, 3.63) is 27.7 Å². The van der Waals surface area contributed by atoms with E-state index in [0.717, 1.165) is 25.9 Å². The molecule has 0 radical (unpaired) electrons. The van der Waals surface area contributed by atoms with Crippen LogP contribution >= 0.6 is 27.5 Å². The molecule has 1 aromatic carbocycles. The highest BCUT2D eigenvalue weighted by atomic mass is 79.9. The van der Waals surface area contributed by atoms with E-state index >= 15 is 0 Å². The second kappa shape index (κ2) is 6.32. The van der Waals surface area contributed by atoms with Gasteiger partial charge in [0.15, 0.2) is 0 Å². The molecule has 2 rings (SSSR count). The van der Waals surface area contributed by atoms with Gasteiger partial charge in [0.25, 0.3) is 0 Å². The van der Waals surface area contributed by atoms with Gasteiger partial charge in [-0.3, -0.25) is 0 Å². The van der Waals surface area contributed by atoms with E-state index in [-0.39, 0.29) is 10.3 Å². The molecule has 2 N–H and O–H groups in total. The minimum Gasteiger partial charge on any atom is -0.317 e. The SMILES string of the molecule is CC1(CNS(=O)(=O)c2cccc(Cl)c2Br)CCNCC1. The fourth-order valence-corrected chi connectivity index (χ4v) is 4.68. The van der Waals surface area contributed by atoms with Crippen molar-refractivity contribution in [1.29, 1.82) is 0 Å². The van der Waals surface area contributed by atoms with Gasteiger partial charge in [0.05, 0.1) is 14.4 Å². The number of sulfonamides is 1. The van der Waals surface area contributed by atoms with Crippen LogP contribution in [0.3, 0.4) is 0 Å². The summed E-state index contributed by atoms with van der Waals surface area (Å²) in [6.45, 7) is 4.41. The maximum absolute atomic E-state index is 12.4. The summed E-state index contributed by atoms with van der Waals surface area (Å²) < 4.78 is 27.9. The summed E-state index contributed by atoms with van der Waals surface area (Å²) in [5, 5.41) is 3.67. The molecule has 1 aliphatic heterocycles. The average molecular weight is 382 g/mol. The van der Waals surface area contributed by atoms with Crippen molar-refractivity contribution >= 4 is 37.6 Å². The summed E-state index contributed by atoms with van der Waals surface area (Å²) in [4.78, 5) is 0.183. The number of hydrogen-bond donors (Lipinski definition) is 2. The van der Waals surface area contributed by atoms with Gasteiger partial charge in [-0.2, -0.15) is 0 Å². The van der Waals surface area contributed by atoms with Gasteiger partial charge in [-0.1, -0.05) is 24.6 Å². The van der Waals surface area contributed by atoms with Crippen molar-refractivity contribution < 1.29 is 8.42 Å². The van der Waals surface area contributed by atoms with Crippen molar-refractivity contribution in [2.45, 2.75) is 24.7 Å². The minimum atomic E-state index is -3.55. The van der Waals surface area contributed by atoms with Crippen LogP contribution in [0, 0.1) is 5.41 Å². The van der Waals surface area contributed by atoms with Gasteiger partial charge in [-0.05, 0) is 59.4 Å². The Bertz CT molecular complexity index is 586. The third-order valence-electron chi connectivity index (χ3n) is 3.71. The van der Waals surface area contributed by atoms with Crippen molar-refractivity contribution in [2.24, 2.45) is 5.41 Å². The molecule has 0 unspecified atom stereocenters. The van der Waals surface area contributed by atoms with Gasteiger partial charge >= 0.3 is 0 Å². The van der Waals surface area contributed by atoms with Gasteiger partial charge in [-0.25, -0.2) is 13.1 Å². The van der Waals surface area contributed by atoms with Crippen LogP contribution in [0.4, 0.5) is 0 Å². The molecule has 0 aromatic heterocycles. The first-order valence-corrected chi connectivity index (χ1v) is 9.14.